The molecule has 1 aliphatic rings. The fourth-order valence-electron chi connectivity index (χ4n) is 2.60. The highest BCUT2D eigenvalue weighted by Gasteiger charge is 2.26. The molecule has 6 heteroatoms. The molecule has 1 aliphatic carbocycles. The molecule has 0 bridgehead atoms. The zero-order valence-corrected chi connectivity index (χ0v) is 12.9. The van der Waals surface area contributed by atoms with Crippen LogP contribution in [0.25, 0.3) is 0 Å². The molecule has 21 heavy (non-hydrogen) atoms. The van der Waals surface area contributed by atoms with Crippen LogP contribution in [0, 0.1) is 0 Å². The van der Waals surface area contributed by atoms with Crippen molar-refractivity contribution in [3.8, 4) is 0 Å². The number of nitrogens with zero attached hydrogens (tertiary/aromatic N) is 1. The van der Waals surface area contributed by atoms with Gasteiger partial charge in [-0.15, -0.1) is 0 Å². The van der Waals surface area contributed by atoms with Crippen molar-refractivity contribution >= 4 is 23.5 Å². The third-order valence-electron chi connectivity index (χ3n) is 3.65. The quantitative estimate of drug-likeness (QED) is 0.337. The summed E-state index contributed by atoms with van der Waals surface area (Å²) in [7, 11) is 0. The molecule has 1 saturated carbocycles. The van der Waals surface area contributed by atoms with E-state index in [2.05, 4.69) is 17.4 Å². The molecule has 114 valence electrons. The van der Waals surface area contributed by atoms with Crippen LogP contribution in [0.2, 0.25) is 0 Å². The van der Waals surface area contributed by atoms with Gasteiger partial charge in [0, 0.05) is 22.4 Å². The van der Waals surface area contributed by atoms with Gasteiger partial charge in [0.05, 0.1) is 0 Å². The minimum Gasteiger partial charge on any atom is -0.409 e. The summed E-state index contributed by atoms with van der Waals surface area (Å²) in [5.41, 5.74) is 6.61. The van der Waals surface area contributed by atoms with E-state index >= 15 is 0 Å². The van der Waals surface area contributed by atoms with E-state index in [9.17, 15) is 4.79 Å². The van der Waals surface area contributed by atoms with Crippen molar-refractivity contribution in [2.75, 3.05) is 5.75 Å². The molecule has 1 aromatic carbocycles. The van der Waals surface area contributed by atoms with E-state index < -0.39 is 0 Å². The number of hydrogen-bond acceptors (Lipinski definition) is 4. The Labute approximate surface area is 129 Å². The van der Waals surface area contributed by atoms with Gasteiger partial charge in [0.25, 0.3) is 5.91 Å². The lowest BCUT2D eigenvalue weighted by Gasteiger charge is -2.13. The number of hydrogen-bond donors (Lipinski definition) is 3. The second-order valence-electron chi connectivity index (χ2n) is 5.13. The molecule has 2 unspecified atom stereocenters. The second-order valence-corrected chi connectivity index (χ2v) is 6.70. The van der Waals surface area contributed by atoms with Crippen LogP contribution < -0.4 is 11.1 Å². The van der Waals surface area contributed by atoms with Crippen LogP contribution in [0.4, 0.5) is 0 Å². The Morgan fingerprint density at radius 2 is 2.24 bits per heavy atom. The van der Waals surface area contributed by atoms with Gasteiger partial charge in [0.15, 0.2) is 5.84 Å². The van der Waals surface area contributed by atoms with Gasteiger partial charge in [0.1, 0.15) is 0 Å². The predicted octanol–water partition coefficient (Wildman–Crippen LogP) is 2.19. The molecule has 1 aromatic rings. The lowest BCUT2D eigenvalue weighted by Crippen LogP contribution is -2.33. The number of rotatable bonds is 5. The first-order valence-corrected chi connectivity index (χ1v) is 8.19. The summed E-state index contributed by atoms with van der Waals surface area (Å²) in [5, 5.41) is 15.4. The molecular formula is C15H21N3O2S. The topological polar surface area (TPSA) is 87.7 Å². The van der Waals surface area contributed by atoms with Crippen molar-refractivity contribution in [3.63, 3.8) is 0 Å². The summed E-state index contributed by atoms with van der Waals surface area (Å²) in [6, 6.07) is 7.05. The van der Waals surface area contributed by atoms with Gasteiger partial charge < -0.3 is 16.3 Å². The molecule has 0 saturated heterocycles. The van der Waals surface area contributed by atoms with E-state index in [1.165, 1.54) is 0 Å². The number of nitrogens with two attached hydrogens (primary N) is 1. The maximum absolute atomic E-state index is 12.3. The van der Waals surface area contributed by atoms with E-state index in [0.29, 0.717) is 16.4 Å². The van der Waals surface area contributed by atoms with E-state index in [4.69, 9.17) is 10.9 Å². The number of nitrogens with one attached hydrogen (secondary N) is 1. The van der Waals surface area contributed by atoms with Crippen molar-refractivity contribution in [2.45, 2.75) is 37.5 Å². The zero-order chi connectivity index (χ0) is 15.2. The first kappa shape index (κ1) is 15.7. The molecule has 0 aromatic heterocycles. The van der Waals surface area contributed by atoms with Gasteiger partial charge in [-0.3, -0.25) is 4.79 Å². The van der Waals surface area contributed by atoms with E-state index in [1.807, 2.05) is 11.8 Å². The van der Waals surface area contributed by atoms with Crippen molar-refractivity contribution in [1.29, 1.82) is 0 Å². The summed E-state index contributed by atoms with van der Waals surface area (Å²) in [5.74, 6) is 1.02. The minimum atomic E-state index is -0.102. The lowest BCUT2D eigenvalue weighted by molar-refractivity contribution is 0.0938. The number of carbonyl (C=O) groups is 1. The largest absolute Gasteiger partial charge is 0.409 e. The van der Waals surface area contributed by atoms with Crippen LogP contribution in [-0.4, -0.2) is 34.0 Å². The highest BCUT2D eigenvalue weighted by Crippen LogP contribution is 2.29. The molecule has 0 aliphatic heterocycles. The van der Waals surface area contributed by atoms with Crippen LogP contribution in [0.5, 0.6) is 0 Å². The first-order valence-electron chi connectivity index (χ1n) is 7.14. The molecule has 0 spiro atoms. The van der Waals surface area contributed by atoms with E-state index in [-0.39, 0.29) is 17.8 Å². The zero-order valence-electron chi connectivity index (χ0n) is 12.1. The van der Waals surface area contributed by atoms with Crippen molar-refractivity contribution in [2.24, 2.45) is 10.9 Å². The van der Waals surface area contributed by atoms with Gasteiger partial charge in [-0.25, -0.2) is 0 Å². The average Bonchev–Trinajstić information content (AvgIpc) is 2.94. The SMILES string of the molecule is CCSC1CCC(NC(=O)c2cccc(/C(N)=N/O)c2)C1. The van der Waals surface area contributed by atoms with Gasteiger partial charge in [-0.05, 0) is 37.1 Å². The molecular weight excluding hydrogens is 286 g/mol. The number of carbonyl (C=O) groups excluding carboxylic acids is 1. The Balaban J connectivity index is 1.98. The molecule has 4 N–H and O–H groups in total. The van der Waals surface area contributed by atoms with Crippen LogP contribution in [0.1, 0.15) is 42.1 Å². The Morgan fingerprint density at radius 1 is 1.48 bits per heavy atom. The highest BCUT2D eigenvalue weighted by molar-refractivity contribution is 7.99. The Bertz CT molecular complexity index is 533. The summed E-state index contributed by atoms with van der Waals surface area (Å²) < 4.78 is 0. The van der Waals surface area contributed by atoms with Crippen molar-refractivity contribution in [3.05, 3.63) is 35.4 Å². The van der Waals surface area contributed by atoms with Crippen molar-refractivity contribution in [1.82, 2.24) is 5.32 Å². The van der Waals surface area contributed by atoms with E-state index in [1.54, 1.807) is 24.3 Å². The van der Waals surface area contributed by atoms with Gasteiger partial charge in [-0.1, -0.05) is 24.2 Å². The first-order chi connectivity index (χ1) is 10.1. The number of benzene rings is 1. The standard InChI is InChI=1S/C15H21N3O2S/c1-2-21-13-7-6-12(9-13)17-15(19)11-5-3-4-10(8-11)14(16)18-20/h3-5,8,12-13,20H,2,6-7,9H2,1H3,(H2,16,18)(H,17,19). The minimum absolute atomic E-state index is 0.00456. The third kappa shape index (κ3) is 4.14. The molecule has 0 heterocycles. The smallest absolute Gasteiger partial charge is 0.251 e. The fourth-order valence-corrected chi connectivity index (χ4v) is 3.75. The Morgan fingerprint density at radius 3 is 2.95 bits per heavy atom. The van der Waals surface area contributed by atoms with Crippen LogP contribution >= 0.6 is 11.8 Å². The number of amides is 1. The maximum Gasteiger partial charge on any atom is 0.251 e. The maximum atomic E-state index is 12.3. The molecule has 2 atom stereocenters. The highest BCUT2D eigenvalue weighted by atomic mass is 32.2. The molecule has 1 fully saturated rings. The predicted molar refractivity (Wildman–Crippen MR) is 86.0 cm³/mol. The van der Waals surface area contributed by atoms with Gasteiger partial charge in [0.2, 0.25) is 0 Å². The fraction of sp³-hybridized carbons (Fsp3) is 0.467. The molecule has 5 nitrogen and oxygen atoms in total. The normalized spacial score (nSPS) is 22.2. The van der Waals surface area contributed by atoms with Crippen molar-refractivity contribution < 1.29 is 10.0 Å². The van der Waals surface area contributed by atoms with Gasteiger partial charge in [-0.2, -0.15) is 11.8 Å². The summed E-state index contributed by atoms with van der Waals surface area (Å²) in [4.78, 5) is 12.3. The lowest BCUT2D eigenvalue weighted by atomic mass is 10.1. The van der Waals surface area contributed by atoms with Crippen LogP contribution in [0.3, 0.4) is 0 Å². The molecule has 2 rings (SSSR count). The number of amidine groups is 1. The second kappa shape index (κ2) is 7.36. The summed E-state index contributed by atoms with van der Waals surface area (Å²) >= 11 is 1.96. The van der Waals surface area contributed by atoms with E-state index in [0.717, 1.165) is 25.0 Å². The van der Waals surface area contributed by atoms with Gasteiger partial charge >= 0.3 is 0 Å². The van der Waals surface area contributed by atoms with Crippen LogP contribution in [-0.2, 0) is 0 Å². The number of thioether (sulfide) groups is 1. The summed E-state index contributed by atoms with van der Waals surface area (Å²) in [6.07, 6.45) is 3.22. The average molecular weight is 307 g/mol. The summed E-state index contributed by atoms with van der Waals surface area (Å²) in [6.45, 7) is 2.16. The van der Waals surface area contributed by atoms with Crippen LogP contribution in [0.15, 0.2) is 29.4 Å². The number of oxime groups is 1. The Kier molecular flexibility index (Phi) is 5.50. The molecule has 1 amide bonds. The monoisotopic (exact) mass is 307 g/mol. The molecule has 0 radical (unpaired) electrons. The third-order valence-corrected chi connectivity index (χ3v) is 4.88. The Hall–Kier alpha value is -1.69.